The van der Waals surface area contributed by atoms with Crippen LogP contribution in [0.2, 0.25) is 0 Å². The van der Waals surface area contributed by atoms with E-state index >= 15 is 0 Å². The zero-order valence-corrected chi connectivity index (χ0v) is 8.01. The van der Waals surface area contributed by atoms with Gasteiger partial charge in [-0.3, -0.25) is 5.10 Å². The lowest BCUT2D eigenvalue weighted by Crippen LogP contribution is -1.82. The van der Waals surface area contributed by atoms with E-state index in [1.54, 1.807) is 6.20 Å². The largest absolute Gasteiger partial charge is 0.394 e. The Morgan fingerprint density at radius 3 is 2.73 bits per heavy atom. The van der Waals surface area contributed by atoms with E-state index < -0.39 is 0 Å². The molecule has 4 nitrogen and oxygen atoms in total. The number of H-pyrrole nitrogens is 1. The molecule has 0 aliphatic carbocycles. The van der Waals surface area contributed by atoms with Crippen LogP contribution in [0.4, 0.5) is 5.69 Å². The van der Waals surface area contributed by atoms with Gasteiger partial charge in [-0.25, -0.2) is 9.50 Å². The highest BCUT2D eigenvalue weighted by molar-refractivity contribution is 5.70. The number of hydrogen-bond donors (Lipinski definition) is 2. The predicted octanol–water partition coefficient (Wildman–Crippen LogP) is 1.91. The van der Waals surface area contributed by atoms with Crippen molar-refractivity contribution in [3.8, 4) is 11.3 Å². The molecule has 0 amide bonds. The third-order valence-electron chi connectivity index (χ3n) is 2.39. The summed E-state index contributed by atoms with van der Waals surface area (Å²) in [6.45, 7) is 0. The fourth-order valence-electron chi connectivity index (χ4n) is 1.63. The minimum atomic E-state index is 0.664. The first-order valence-corrected chi connectivity index (χ1v) is 4.72. The lowest BCUT2D eigenvalue weighted by molar-refractivity contribution is 0.974. The lowest BCUT2D eigenvalue weighted by Gasteiger charge is -1.92. The Kier molecular flexibility index (Phi) is 1.56. The maximum absolute atomic E-state index is 5.75. The summed E-state index contributed by atoms with van der Waals surface area (Å²) in [5, 5.41) is 3.01. The van der Waals surface area contributed by atoms with Gasteiger partial charge < -0.3 is 5.73 Å². The molecular weight excluding hydrogens is 188 g/mol. The van der Waals surface area contributed by atoms with Gasteiger partial charge in [0.25, 0.3) is 0 Å². The van der Waals surface area contributed by atoms with Gasteiger partial charge in [0.2, 0.25) is 0 Å². The van der Waals surface area contributed by atoms with Crippen LogP contribution in [0.25, 0.3) is 16.9 Å². The Hall–Kier alpha value is -2.23. The molecule has 0 unspecified atom stereocenters. The van der Waals surface area contributed by atoms with E-state index in [-0.39, 0.29) is 0 Å². The number of fused-ring (bicyclic) bond motifs is 1. The van der Waals surface area contributed by atoms with E-state index in [0.717, 1.165) is 16.9 Å². The van der Waals surface area contributed by atoms with Crippen molar-refractivity contribution in [1.29, 1.82) is 0 Å². The summed E-state index contributed by atoms with van der Waals surface area (Å²) in [4.78, 5) is 4.45. The predicted molar refractivity (Wildman–Crippen MR) is 59.4 cm³/mol. The first-order valence-electron chi connectivity index (χ1n) is 4.72. The first-order chi connectivity index (χ1) is 7.34. The molecular formula is C11H10N4. The zero-order chi connectivity index (χ0) is 10.3. The molecule has 0 aliphatic heterocycles. The molecule has 0 saturated heterocycles. The minimum absolute atomic E-state index is 0.664. The monoisotopic (exact) mass is 198 g/mol. The summed E-state index contributed by atoms with van der Waals surface area (Å²) in [6, 6.07) is 10.0. The Morgan fingerprint density at radius 1 is 1.20 bits per heavy atom. The van der Waals surface area contributed by atoms with Crippen LogP contribution in [0.5, 0.6) is 0 Å². The van der Waals surface area contributed by atoms with Gasteiger partial charge in [-0.15, -0.1) is 0 Å². The number of aromatic nitrogens is 3. The first kappa shape index (κ1) is 8.11. The van der Waals surface area contributed by atoms with E-state index in [1.807, 2.05) is 41.0 Å². The molecule has 2 aromatic heterocycles. The van der Waals surface area contributed by atoms with Gasteiger partial charge in [0, 0.05) is 11.8 Å². The summed E-state index contributed by atoms with van der Waals surface area (Å²) in [5.41, 5.74) is 9.21. The number of nitrogen functional groups attached to an aromatic ring is 1. The lowest BCUT2D eigenvalue weighted by atomic mass is 10.2. The molecule has 0 fully saturated rings. The fraction of sp³-hybridized carbons (Fsp3) is 0. The summed E-state index contributed by atoms with van der Waals surface area (Å²) < 4.78 is 1.82. The van der Waals surface area contributed by atoms with Crippen molar-refractivity contribution < 1.29 is 0 Å². The van der Waals surface area contributed by atoms with E-state index in [2.05, 4.69) is 10.1 Å². The van der Waals surface area contributed by atoms with Gasteiger partial charge in [-0.05, 0) is 0 Å². The molecule has 3 N–H and O–H groups in total. The van der Waals surface area contributed by atoms with Crippen LogP contribution in [0.15, 0.2) is 42.7 Å². The Balaban J connectivity index is 2.20. The second-order valence-electron chi connectivity index (χ2n) is 3.41. The van der Waals surface area contributed by atoms with Gasteiger partial charge in [0.1, 0.15) is 0 Å². The Labute approximate surface area is 86.3 Å². The van der Waals surface area contributed by atoms with Crippen LogP contribution >= 0.6 is 0 Å². The van der Waals surface area contributed by atoms with Crippen LogP contribution in [0.3, 0.4) is 0 Å². The zero-order valence-electron chi connectivity index (χ0n) is 8.01. The molecule has 3 aromatic rings. The van der Waals surface area contributed by atoms with Crippen molar-refractivity contribution >= 4 is 11.3 Å². The Bertz CT molecular complexity index is 591. The number of benzene rings is 1. The van der Waals surface area contributed by atoms with Crippen LogP contribution < -0.4 is 5.73 Å². The highest BCUT2D eigenvalue weighted by atomic mass is 15.3. The maximum Gasteiger partial charge on any atom is 0.177 e. The average molecular weight is 198 g/mol. The van der Waals surface area contributed by atoms with Gasteiger partial charge in [-0.2, -0.15) is 0 Å². The van der Waals surface area contributed by atoms with Crippen LogP contribution in [-0.2, 0) is 0 Å². The molecule has 0 atom stereocenters. The molecule has 4 heteroatoms. The van der Waals surface area contributed by atoms with Crippen molar-refractivity contribution in [1.82, 2.24) is 14.6 Å². The molecule has 3 rings (SSSR count). The summed E-state index contributed by atoms with van der Waals surface area (Å²) in [7, 11) is 0. The normalized spacial score (nSPS) is 10.9. The highest BCUT2D eigenvalue weighted by Gasteiger charge is 2.06. The van der Waals surface area contributed by atoms with Crippen molar-refractivity contribution in [2.45, 2.75) is 0 Å². The number of nitrogens with two attached hydrogens (primary N) is 1. The molecule has 15 heavy (non-hydrogen) atoms. The van der Waals surface area contributed by atoms with Crippen molar-refractivity contribution in [3.05, 3.63) is 42.7 Å². The molecule has 0 saturated carbocycles. The quantitative estimate of drug-likeness (QED) is 0.627. The maximum atomic E-state index is 5.75. The summed E-state index contributed by atoms with van der Waals surface area (Å²) in [5.74, 6) is 0. The van der Waals surface area contributed by atoms with E-state index in [1.165, 1.54) is 0 Å². The van der Waals surface area contributed by atoms with Crippen LogP contribution in [0.1, 0.15) is 0 Å². The standard InChI is InChI=1S/C11H10N4/c12-9-6-13-15-7-10(14-11(9)15)8-4-2-1-3-5-8/h1-7,13H,12H2. The molecule has 2 heterocycles. The molecule has 0 spiro atoms. The number of hydrogen-bond acceptors (Lipinski definition) is 2. The summed E-state index contributed by atoms with van der Waals surface area (Å²) in [6.07, 6.45) is 3.66. The number of imidazole rings is 1. The topological polar surface area (TPSA) is 59.1 Å². The summed E-state index contributed by atoms with van der Waals surface area (Å²) >= 11 is 0. The minimum Gasteiger partial charge on any atom is -0.394 e. The average Bonchev–Trinajstić information content (AvgIpc) is 2.83. The van der Waals surface area contributed by atoms with Crippen LogP contribution in [-0.4, -0.2) is 14.6 Å². The van der Waals surface area contributed by atoms with E-state index in [9.17, 15) is 0 Å². The molecule has 0 aliphatic rings. The third-order valence-corrected chi connectivity index (χ3v) is 2.39. The molecule has 1 aromatic carbocycles. The molecule has 0 radical (unpaired) electrons. The van der Waals surface area contributed by atoms with Crippen molar-refractivity contribution in [2.75, 3.05) is 5.73 Å². The van der Waals surface area contributed by atoms with Crippen LogP contribution in [0, 0.1) is 0 Å². The third kappa shape index (κ3) is 1.19. The number of anilines is 1. The van der Waals surface area contributed by atoms with Gasteiger partial charge in [0.15, 0.2) is 5.65 Å². The van der Waals surface area contributed by atoms with Gasteiger partial charge in [-0.1, -0.05) is 30.3 Å². The second kappa shape index (κ2) is 2.88. The highest BCUT2D eigenvalue weighted by Crippen LogP contribution is 2.20. The van der Waals surface area contributed by atoms with Gasteiger partial charge in [0.05, 0.1) is 17.6 Å². The number of nitrogens with zero attached hydrogens (tertiary/aromatic N) is 2. The number of nitrogens with one attached hydrogen (secondary N) is 1. The molecule has 0 bridgehead atoms. The number of rotatable bonds is 1. The second-order valence-corrected chi connectivity index (χ2v) is 3.41. The van der Waals surface area contributed by atoms with Gasteiger partial charge >= 0.3 is 0 Å². The van der Waals surface area contributed by atoms with Crippen molar-refractivity contribution in [2.24, 2.45) is 0 Å². The van der Waals surface area contributed by atoms with E-state index in [4.69, 9.17) is 5.73 Å². The number of aromatic amines is 1. The SMILES string of the molecule is Nc1c[nH]n2cc(-c3ccccc3)nc12. The Morgan fingerprint density at radius 2 is 2.00 bits per heavy atom. The smallest absolute Gasteiger partial charge is 0.177 e. The molecule has 74 valence electrons. The van der Waals surface area contributed by atoms with E-state index in [0.29, 0.717) is 5.69 Å². The fourth-order valence-corrected chi connectivity index (χ4v) is 1.63. The van der Waals surface area contributed by atoms with Crippen molar-refractivity contribution in [3.63, 3.8) is 0 Å².